The van der Waals surface area contributed by atoms with E-state index in [9.17, 15) is 14.4 Å². The van der Waals surface area contributed by atoms with E-state index in [4.69, 9.17) is 4.74 Å². The zero-order valence-corrected chi connectivity index (χ0v) is 16.4. The average Bonchev–Trinajstić information content (AvgIpc) is 2.75. The molecule has 0 spiro atoms. The maximum Gasteiger partial charge on any atom is 0.408 e. The summed E-state index contributed by atoms with van der Waals surface area (Å²) in [7, 11) is 1.33. The number of carbonyl (C=O) groups excluding carboxylic acids is 3. The molecule has 0 bridgehead atoms. The van der Waals surface area contributed by atoms with Gasteiger partial charge in [0.2, 0.25) is 5.91 Å². The van der Waals surface area contributed by atoms with Crippen LogP contribution in [0.3, 0.4) is 0 Å². The molecule has 7 nitrogen and oxygen atoms in total. The molecule has 1 atom stereocenters. The van der Waals surface area contributed by atoms with E-state index in [-0.39, 0.29) is 12.5 Å². The van der Waals surface area contributed by atoms with E-state index in [1.807, 2.05) is 36.4 Å². The van der Waals surface area contributed by atoms with E-state index >= 15 is 0 Å². The molecular formula is C22H24N2O5. The lowest BCUT2D eigenvalue weighted by Crippen LogP contribution is -2.45. The lowest BCUT2D eigenvalue weighted by atomic mass is 10.1. The van der Waals surface area contributed by atoms with Crippen LogP contribution in [0.5, 0.6) is 0 Å². The zero-order valence-electron chi connectivity index (χ0n) is 16.4. The number of alkyl carbamates (subject to hydrolysis) is 1. The molecule has 0 aliphatic rings. The molecule has 29 heavy (non-hydrogen) atoms. The Morgan fingerprint density at radius 2 is 1.72 bits per heavy atom. The Labute approximate surface area is 169 Å². The van der Waals surface area contributed by atoms with Gasteiger partial charge < -0.3 is 20.1 Å². The number of amides is 2. The molecular weight excluding hydrogens is 372 g/mol. The monoisotopic (exact) mass is 396 g/mol. The van der Waals surface area contributed by atoms with Gasteiger partial charge >= 0.3 is 12.1 Å². The van der Waals surface area contributed by atoms with Gasteiger partial charge in [0.1, 0.15) is 12.6 Å². The molecule has 0 saturated heterocycles. The van der Waals surface area contributed by atoms with Crippen molar-refractivity contribution in [3.8, 4) is 0 Å². The number of methoxy groups -OCH3 is 1. The van der Waals surface area contributed by atoms with Crippen molar-refractivity contribution < 1.29 is 23.9 Å². The summed E-state index contributed by atoms with van der Waals surface area (Å²) < 4.78 is 9.74. The van der Waals surface area contributed by atoms with E-state index in [1.54, 1.807) is 37.3 Å². The molecule has 2 aromatic carbocycles. The third-order valence-electron chi connectivity index (χ3n) is 3.98. The van der Waals surface area contributed by atoms with Crippen molar-refractivity contribution in [2.45, 2.75) is 19.6 Å². The van der Waals surface area contributed by atoms with Crippen molar-refractivity contribution in [1.29, 1.82) is 0 Å². The number of carbonyl (C=O) groups is 3. The van der Waals surface area contributed by atoms with Crippen LogP contribution in [0.4, 0.5) is 4.79 Å². The van der Waals surface area contributed by atoms with E-state index in [1.165, 1.54) is 7.11 Å². The smallest absolute Gasteiger partial charge is 0.408 e. The molecule has 0 aliphatic carbocycles. The van der Waals surface area contributed by atoms with Crippen LogP contribution in [0, 0.1) is 0 Å². The summed E-state index contributed by atoms with van der Waals surface area (Å²) in [6, 6.07) is 15.4. The van der Waals surface area contributed by atoms with E-state index < -0.39 is 18.1 Å². The summed E-state index contributed by atoms with van der Waals surface area (Å²) in [6.45, 7) is 2.01. The van der Waals surface area contributed by atoms with Gasteiger partial charge in [-0.3, -0.25) is 4.79 Å². The van der Waals surface area contributed by atoms with Gasteiger partial charge in [0.15, 0.2) is 0 Å². The average molecular weight is 396 g/mol. The van der Waals surface area contributed by atoms with E-state index in [0.29, 0.717) is 12.1 Å². The van der Waals surface area contributed by atoms with E-state index in [2.05, 4.69) is 15.4 Å². The van der Waals surface area contributed by atoms with Crippen LogP contribution in [0.1, 0.15) is 28.4 Å². The Kier molecular flexibility index (Phi) is 8.44. The van der Waals surface area contributed by atoms with Crippen LogP contribution in [-0.2, 0) is 20.9 Å². The molecule has 0 aromatic heterocycles. The molecule has 152 valence electrons. The highest BCUT2D eigenvalue weighted by molar-refractivity contribution is 5.89. The number of benzene rings is 2. The number of hydrogen-bond donors (Lipinski definition) is 2. The lowest BCUT2D eigenvalue weighted by molar-refractivity contribution is -0.122. The largest absolute Gasteiger partial charge is 0.465 e. The first-order valence-corrected chi connectivity index (χ1v) is 9.09. The number of nitrogens with one attached hydrogen (secondary N) is 2. The molecule has 2 rings (SSSR count). The van der Waals surface area contributed by atoms with Crippen molar-refractivity contribution in [2.75, 3.05) is 13.7 Å². The fourth-order valence-corrected chi connectivity index (χ4v) is 2.36. The van der Waals surface area contributed by atoms with Gasteiger partial charge in [0.25, 0.3) is 0 Å². The predicted octanol–water partition coefficient (Wildman–Crippen LogP) is 2.92. The van der Waals surface area contributed by atoms with Gasteiger partial charge in [-0.2, -0.15) is 0 Å². The van der Waals surface area contributed by atoms with Crippen LogP contribution in [0.25, 0.3) is 6.08 Å². The lowest BCUT2D eigenvalue weighted by Gasteiger charge is -2.13. The van der Waals surface area contributed by atoms with Gasteiger partial charge in [0.05, 0.1) is 12.7 Å². The minimum absolute atomic E-state index is 0.137. The minimum Gasteiger partial charge on any atom is -0.465 e. The van der Waals surface area contributed by atoms with Gasteiger partial charge in [-0.25, -0.2) is 9.59 Å². The number of ether oxygens (including phenoxy) is 2. The second-order valence-electron chi connectivity index (χ2n) is 6.19. The van der Waals surface area contributed by atoms with Gasteiger partial charge in [-0.1, -0.05) is 54.6 Å². The Bertz CT molecular complexity index is 847. The Balaban J connectivity index is 1.70. The molecule has 0 fully saturated rings. The fourth-order valence-electron chi connectivity index (χ4n) is 2.36. The van der Waals surface area contributed by atoms with Crippen molar-refractivity contribution in [2.24, 2.45) is 0 Å². The Morgan fingerprint density at radius 3 is 2.38 bits per heavy atom. The third kappa shape index (κ3) is 7.50. The molecule has 2 aromatic rings. The molecule has 2 amide bonds. The number of hydrogen-bond acceptors (Lipinski definition) is 5. The summed E-state index contributed by atoms with van der Waals surface area (Å²) >= 11 is 0. The topological polar surface area (TPSA) is 93.7 Å². The summed E-state index contributed by atoms with van der Waals surface area (Å²) in [5, 5.41) is 5.19. The maximum atomic E-state index is 12.1. The third-order valence-corrected chi connectivity index (χ3v) is 3.98. The van der Waals surface area contributed by atoms with Crippen LogP contribution in [-0.4, -0.2) is 37.7 Å². The van der Waals surface area contributed by atoms with Crippen molar-refractivity contribution in [3.05, 3.63) is 77.4 Å². The predicted molar refractivity (Wildman–Crippen MR) is 109 cm³/mol. The summed E-state index contributed by atoms with van der Waals surface area (Å²) in [5.41, 5.74) is 2.21. The quantitative estimate of drug-likeness (QED) is 0.669. The van der Waals surface area contributed by atoms with Gasteiger partial charge in [-0.15, -0.1) is 0 Å². The molecule has 2 N–H and O–H groups in total. The first kappa shape index (κ1) is 21.7. The Morgan fingerprint density at radius 1 is 1.03 bits per heavy atom. The van der Waals surface area contributed by atoms with Crippen LogP contribution in [0.15, 0.2) is 60.7 Å². The van der Waals surface area contributed by atoms with Gasteiger partial charge in [-0.05, 0) is 30.2 Å². The second-order valence-corrected chi connectivity index (χ2v) is 6.19. The van der Waals surface area contributed by atoms with Crippen molar-refractivity contribution in [1.82, 2.24) is 10.6 Å². The van der Waals surface area contributed by atoms with Crippen LogP contribution < -0.4 is 10.6 Å². The van der Waals surface area contributed by atoms with Crippen LogP contribution >= 0.6 is 0 Å². The Hall–Kier alpha value is -3.61. The van der Waals surface area contributed by atoms with E-state index in [0.717, 1.165) is 11.1 Å². The van der Waals surface area contributed by atoms with Crippen LogP contribution in [0.2, 0.25) is 0 Å². The summed E-state index contributed by atoms with van der Waals surface area (Å²) in [6.07, 6.45) is 2.93. The highest BCUT2D eigenvalue weighted by Gasteiger charge is 2.15. The minimum atomic E-state index is -0.731. The molecule has 7 heteroatoms. The highest BCUT2D eigenvalue weighted by Crippen LogP contribution is 2.07. The fraction of sp³-hybridized carbons (Fsp3) is 0.227. The molecule has 0 heterocycles. The normalized spacial score (nSPS) is 11.5. The number of esters is 1. The zero-order chi connectivity index (χ0) is 21.1. The first-order chi connectivity index (χ1) is 14.0. The standard InChI is InChI=1S/C22H24N2O5/c1-16(24-22(27)29-15-18-7-4-3-5-8-18)20(25)23-14-6-9-17-10-12-19(13-11-17)21(26)28-2/h3-13,16H,14-15H2,1-2H3,(H,23,25)(H,24,27)/b9-6+/t16-/m1/s1. The molecule has 0 aliphatic heterocycles. The maximum absolute atomic E-state index is 12.1. The first-order valence-electron chi connectivity index (χ1n) is 9.09. The van der Waals surface area contributed by atoms with Crippen molar-refractivity contribution >= 4 is 24.0 Å². The summed E-state index contributed by atoms with van der Waals surface area (Å²) in [4.78, 5) is 35.2. The second kappa shape index (κ2) is 11.3. The molecule has 0 saturated carbocycles. The molecule has 0 radical (unpaired) electrons. The summed E-state index contributed by atoms with van der Waals surface area (Å²) in [5.74, 6) is -0.719. The number of rotatable bonds is 8. The SMILES string of the molecule is COC(=O)c1ccc(/C=C/CNC(=O)[C@@H](C)NC(=O)OCc2ccccc2)cc1. The highest BCUT2D eigenvalue weighted by atomic mass is 16.5. The van der Waals surface area contributed by atoms with Gasteiger partial charge in [0, 0.05) is 6.54 Å². The molecule has 0 unspecified atom stereocenters. The van der Waals surface area contributed by atoms with Crippen molar-refractivity contribution in [3.63, 3.8) is 0 Å².